The molecule has 9 nitrogen and oxygen atoms in total. The molecular formula is C22H35N4O5P. The summed E-state index contributed by atoms with van der Waals surface area (Å²) < 4.78 is 22.7. The molecule has 4 atom stereocenters. The summed E-state index contributed by atoms with van der Waals surface area (Å²) in [4.78, 5) is 26.6. The lowest BCUT2D eigenvalue weighted by Gasteiger charge is -2.38. The van der Waals surface area contributed by atoms with Gasteiger partial charge in [-0.2, -0.15) is 5.26 Å². The topological polar surface area (TPSA) is 110 Å². The SMILES string of the molecule is Cc1cn([C@H]2CC(OP(OCCC#N)N(C(C)C)C(C)C)[C@@H](C3(C)CC3)O2)c(=O)[nH]c1=O. The molecular weight excluding hydrogens is 431 g/mol. The van der Waals surface area contributed by atoms with E-state index >= 15 is 0 Å². The van der Waals surface area contributed by atoms with Crippen LogP contribution in [-0.4, -0.2) is 45.1 Å². The molecule has 1 aromatic heterocycles. The average Bonchev–Trinajstić information content (AvgIpc) is 3.30. The van der Waals surface area contributed by atoms with E-state index in [1.807, 2.05) is 0 Å². The Morgan fingerprint density at radius 1 is 1.34 bits per heavy atom. The van der Waals surface area contributed by atoms with Crippen molar-refractivity contribution < 1.29 is 13.8 Å². The van der Waals surface area contributed by atoms with Gasteiger partial charge in [0.15, 0.2) is 0 Å². The normalized spacial score (nSPS) is 25.4. The van der Waals surface area contributed by atoms with Crippen LogP contribution in [0.2, 0.25) is 0 Å². The molecule has 1 saturated heterocycles. The van der Waals surface area contributed by atoms with Crippen LogP contribution in [0.1, 0.15) is 72.1 Å². The number of hydrogen-bond donors (Lipinski definition) is 1. The van der Waals surface area contributed by atoms with Gasteiger partial charge in [0.25, 0.3) is 14.1 Å². The summed E-state index contributed by atoms with van der Waals surface area (Å²) in [6, 6.07) is 2.51. The van der Waals surface area contributed by atoms with Gasteiger partial charge in [-0.1, -0.05) is 6.92 Å². The van der Waals surface area contributed by atoms with E-state index in [4.69, 9.17) is 19.0 Å². The molecule has 1 N–H and O–H groups in total. The van der Waals surface area contributed by atoms with Crippen LogP contribution in [0.3, 0.4) is 0 Å². The smallest absolute Gasteiger partial charge is 0.330 e. The third-order valence-electron chi connectivity index (χ3n) is 6.14. The van der Waals surface area contributed by atoms with Crippen LogP contribution >= 0.6 is 8.53 Å². The first-order chi connectivity index (χ1) is 15.1. The van der Waals surface area contributed by atoms with Crippen molar-refractivity contribution in [2.75, 3.05) is 6.61 Å². The first kappa shape index (κ1) is 25.1. The molecule has 2 unspecified atom stereocenters. The van der Waals surface area contributed by atoms with Gasteiger partial charge in [0.05, 0.1) is 31.3 Å². The van der Waals surface area contributed by atoms with Crippen molar-refractivity contribution in [3.8, 4) is 6.07 Å². The fourth-order valence-corrected chi connectivity index (χ4v) is 5.95. The van der Waals surface area contributed by atoms with Gasteiger partial charge in [-0.25, -0.2) is 9.46 Å². The second kappa shape index (κ2) is 10.1. The fraction of sp³-hybridized carbons (Fsp3) is 0.773. The second-order valence-corrected chi connectivity index (χ2v) is 11.0. The van der Waals surface area contributed by atoms with E-state index in [0.717, 1.165) is 12.8 Å². The van der Waals surface area contributed by atoms with E-state index in [0.29, 0.717) is 25.0 Å². The van der Waals surface area contributed by atoms with Gasteiger partial charge in [-0.3, -0.25) is 14.3 Å². The minimum absolute atomic E-state index is 0.00555. The molecule has 2 heterocycles. The van der Waals surface area contributed by atoms with Crippen LogP contribution in [0.4, 0.5) is 0 Å². The predicted octanol–water partition coefficient (Wildman–Crippen LogP) is 3.59. The van der Waals surface area contributed by atoms with E-state index in [1.165, 1.54) is 4.57 Å². The summed E-state index contributed by atoms with van der Waals surface area (Å²) >= 11 is 0. The summed E-state index contributed by atoms with van der Waals surface area (Å²) in [6.07, 6.45) is 3.44. The van der Waals surface area contributed by atoms with Crippen molar-refractivity contribution in [3.05, 3.63) is 32.6 Å². The third-order valence-corrected chi connectivity index (χ3v) is 8.30. The highest BCUT2D eigenvalue weighted by Gasteiger charge is 2.55. The van der Waals surface area contributed by atoms with Gasteiger partial charge in [0.1, 0.15) is 6.23 Å². The molecule has 1 saturated carbocycles. The van der Waals surface area contributed by atoms with E-state index in [-0.39, 0.29) is 35.3 Å². The number of aromatic nitrogens is 2. The summed E-state index contributed by atoms with van der Waals surface area (Å²) in [5.41, 5.74) is -0.417. The number of aryl methyl sites for hydroxylation is 1. The van der Waals surface area contributed by atoms with Crippen LogP contribution in [0.5, 0.6) is 0 Å². The molecule has 0 aromatic carbocycles. The number of nitrogens with one attached hydrogen (secondary N) is 1. The van der Waals surface area contributed by atoms with Crippen molar-refractivity contribution in [1.29, 1.82) is 5.26 Å². The van der Waals surface area contributed by atoms with E-state index in [1.54, 1.807) is 13.1 Å². The third kappa shape index (κ3) is 5.49. The highest BCUT2D eigenvalue weighted by Crippen LogP contribution is 2.58. The molecule has 10 heteroatoms. The zero-order valence-electron chi connectivity index (χ0n) is 19.8. The Kier molecular flexibility index (Phi) is 7.95. The maximum Gasteiger partial charge on any atom is 0.330 e. The summed E-state index contributed by atoms with van der Waals surface area (Å²) in [5.74, 6) is 0. The Morgan fingerprint density at radius 2 is 2.00 bits per heavy atom. The number of nitriles is 1. The van der Waals surface area contributed by atoms with Gasteiger partial charge in [0, 0.05) is 30.3 Å². The predicted molar refractivity (Wildman–Crippen MR) is 122 cm³/mol. The molecule has 3 rings (SSSR count). The van der Waals surface area contributed by atoms with Crippen molar-refractivity contribution in [2.24, 2.45) is 5.41 Å². The molecule has 1 aliphatic heterocycles. The summed E-state index contributed by atoms with van der Waals surface area (Å²) in [7, 11) is -1.42. The molecule has 178 valence electrons. The maximum atomic E-state index is 12.5. The largest absolute Gasteiger partial charge is 0.351 e. The average molecular weight is 467 g/mol. The number of hydrogen-bond acceptors (Lipinski definition) is 7. The lowest BCUT2D eigenvalue weighted by Crippen LogP contribution is -2.37. The Balaban J connectivity index is 1.87. The highest BCUT2D eigenvalue weighted by molar-refractivity contribution is 7.44. The molecule has 32 heavy (non-hydrogen) atoms. The first-order valence-electron chi connectivity index (χ1n) is 11.3. The van der Waals surface area contributed by atoms with Crippen molar-refractivity contribution in [1.82, 2.24) is 14.2 Å². The van der Waals surface area contributed by atoms with E-state index in [9.17, 15) is 9.59 Å². The molecule has 0 bridgehead atoms. The standard InChI is InChI=1S/C22H35N4O5P/c1-14(2)26(15(3)4)32(29-11-7-10-23)31-17-12-18(30-19(17)22(6)8-9-22)25-13-16(5)20(27)24-21(25)28/h13-15,17-19H,7-9,11-12H2,1-6H3,(H,24,27,28)/t17?,18-,19+,32?/m1/s1. The number of nitrogens with zero attached hydrogens (tertiary/aromatic N) is 3. The molecule has 1 aliphatic carbocycles. The lowest BCUT2D eigenvalue weighted by atomic mass is 9.97. The van der Waals surface area contributed by atoms with Crippen LogP contribution in [-0.2, 0) is 13.8 Å². The van der Waals surface area contributed by atoms with Gasteiger partial charge < -0.3 is 13.8 Å². The Morgan fingerprint density at radius 3 is 2.56 bits per heavy atom. The Hall–Kier alpha value is -1.56. The number of ether oxygens (including phenoxy) is 1. The zero-order chi connectivity index (χ0) is 23.6. The van der Waals surface area contributed by atoms with Crippen LogP contribution in [0.15, 0.2) is 15.8 Å². The zero-order valence-corrected chi connectivity index (χ0v) is 20.7. The number of H-pyrrole nitrogens is 1. The molecule has 0 spiro atoms. The quantitative estimate of drug-likeness (QED) is 0.414. The van der Waals surface area contributed by atoms with E-state index in [2.05, 4.69) is 50.3 Å². The Bertz CT molecular complexity index is 941. The summed E-state index contributed by atoms with van der Waals surface area (Å²) in [5, 5.41) is 8.95. The summed E-state index contributed by atoms with van der Waals surface area (Å²) in [6.45, 7) is 12.5. The van der Waals surface area contributed by atoms with Gasteiger partial charge >= 0.3 is 5.69 Å². The number of aromatic amines is 1. The second-order valence-electron chi connectivity index (χ2n) is 9.57. The first-order valence-corrected chi connectivity index (χ1v) is 12.4. The van der Waals surface area contributed by atoms with Crippen molar-refractivity contribution in [2.45, 2.75) is 97.7 Å². The molecule has 2 aliphatic rings. The van der Waals surface area contributed by atoms with Crippen LogP contribution in [0.25, 0.3) is 0 Å². The van der Waals surface area contributed by atoms with E-state index < -0.39 is 20.4 Å². The van der Waals surface area contributed by atoms with Crippen LogP contribution in [0, 0.1) is 23.7 Å². The van der Waals surface area contributed by atoms with Gasteiger partial charge in [0.2, 0.25) is 0 Å². The minimum atomic E-state index is -1.42. The highest BCUT2D eigenvalue weighted by atomic mass is 31.2. The van der Waals surface area contributed by atoms with Crippen molar-refractivity contribution >= 4 is 8.53 Å². The fourth-order valence-electron chi connectivity index (χ4n) is 4.22. The minimum Gasteiger partial charge on any atom is -0.351 e. The van der Waals surface area contributed by atoms with Gasteiger partial charge in [-0.15, -0.1) is 0 Å². The molecule has 0 radical (unpaired) electrons. The monoisotopic (exact) mass is 466 g/mol. The lowest BCUT2D eigenvalue weighted by molar-refractivity contribution is -0.0523. The molecule has 0 amide bonds. The maximum absolute atomic E-state index is 12.5. The van der Waals surface area contributed by atoms with Crippen LogP contribution < -0.4 is 11.2 Å². The number of rotatable bonds is 10. The van der Waals surface area contributed by atoms with Gasteiger partial charge in [-0.05, 0) is 52.9 Å². The van der Waals surface area contributed by atoms with Crippen molar-refractivity contribution in [3.63, 3.8) is 0 Å². The molecule has 1 aromatic rings. The Labute approximate surface area is 190 Å². The molecule has 2 fully saturated rings.